The second-order valence-corrected chi connectivity index (χ2v) is 11.3. The average molecular weight is 353 g/mol. The summed E-state index contributed by atoms with van der Waals surface area (Å²) in [5.74, 6) is 0.870. The van der Waals surface area contributed by atoms with Crippen LogP contribution in [0.3, 0.4) is 0 Å². The van der Waals surface area contributed by atoms with E-state index in [2.05, 4.69) is 34.6 Å². The van der Waals surface area contributed by atoms with Gasteiger partial charge in [0.25, 0.3) is 0 Å². The highest BCUT2D eigenvalue weighted by atomic mass is 31.2. The van der Waals surface area contributed by atoms with Gasteiger partial charge in [-0.3, -0.25) is 4.57 Å². The Morgan fingerprint density at radius 2 is 2.04 bits per heavy atom. The van der Waals surface area contributed by atoms with E-state index in [1.54, 1.807) is 11.5 Å². The summed E-state index contributed by atoms with van der Waals surface area (Å²) in [6.07, 6.45) is 3.84. The Labute approximate surface area is 140 Å². The van der Waals surface area contributed by atoms with Crippen molar-refractivity contribution in [3.05, 3.63) is 12.2 Å². The summed E-state index contributed by atoms with van der Waals surface area (Å²) >= 11 is 0. The largest absolute Gasteiger partial charge is 0.388 e. The molecule has 0 radical (unpaired) electrons. The van der Waals surface area contributed by atoms with Gasteiger partial charge < -0.3 is 20.7 Å². The normalized spacial score (nSPS) is 27.9. The number of rotatable bonds is 4. The smallest absolute Gasteiger partial charge is 0.167 e. The van der Waals surface area contributed by atoms with Gasteiger partial charge >= 0.3 is 0 Å². The number of aromatic nitrogens is 4. The first-order valence-corrected chi connectivity index (χ1v) is 10.9. The molecule has 9 heteroatoms. The number of nitrogens with zero attached hydrogens (tertiary/aromatic N) is 4. The topological polar surface area (TPSA) is 119 Å². The third-order valence-electron chi connectivity index (χ3n) is 4.29. The summed E-state index contributed by atoms with van der Waals surface area (Å²) in [6, 6.07) is 0. The molecule has 0 aromatic carbocycles. The van der Waals surface area contributed by atoms with Crippen LogP contribution in [0.1, 0.15) is 18.5 Å². The minimum Gasteiger partial charge on any atom is -0.388 e. The summed E-state index contributed by atoms with van der Waals surface area (Å²) in [7, 11) is 0. The number of anilines is 1. The molecule has 24 heavy (non-hydrogen) atoms. The molecule has 3 rings (SSSR count). The van der Waals surface area contributed by atoms with Gasteiger partial charge in [-0.15, -0.1) is 13.2 Å². The minimum atomic E-state index is -1.23. The van der Waals surface area contributed by atoms with Crippen LogP contribution in [-0.4, -0.2) is 73.8 Å². The number of aryl methyl sites for hydroxylation is 1. The fraction of sp³-hybridized carbons (Fsp3) is 0.600. The summed E-state index contributed by atoms with van der Waals surface area (Å²) in [4.78, 5) is 12.5. The van der Waals surface area contributed by atoms with Crippen molar-refractivity contribution in [3.63, 3.8) is 0 Å². The molecule has 4 atom stereocenters. The van der Waals surface area contributed by atoms with Crippen molar-refractivity contribution >= 4 is 30.2 Å². The number of aliphatic hydroxyl groups excluding tert-OH is 2. The predicted octanol–water partition coefficient (Wildman–Crippen LogP) is 0.435. The maximum atomic E-state index is 10.5. The Balaban J connectivity index is 1.92. The molecule has 0 unspecified atom stereocenters. The van der Waals surface area contributed by atoms with Crippen molar-refractivity contribution in [2.45, 2.75) is 37.9 Å². The Bertz CT molecular complexity index is 802. The number of hydrogen-bond donors (Lipinski definition) is 3. The summed E-state index contributed by atoms with van der Waals surface area (Å²) in [5.41, 5.74) is 6.79. The van der Waals surface area contributed by atoms with Gasteiger partial charge in [-0.2, -0.15) is 0 Å². The molecule has 2 aromatic rings. The second kappa shape index (κ2) is 6.11. The van der Waals surface area contributed by atoms with Crippen LogP contribution in [0.25, 0.3) is 11.2 Å². The number of hydrogen-bond acceptors (Lipinski definition) is 7. The molecule has 1 saturated heterocycles. The highest BCUT2D eigenvalue weighted by molar-refractivity contribution is 7.72. The first kappa shape index (κ1) is 17.4. The van der Waals surface area contributed by atoms with Crippen LogP contribution in [0, 0.1) is 6.92 Å². The lowest BCUT2D eigenvalue weighted by atomic mass is 10.1. The first-order valence-electron chi connectivity index (χ1n) is 7.83. The lowest BCUT2D eigenvalue weighted by Crippen LogP contribution is -2.32. The van der Waals surface area contributed by atoms with Crippen molar-refractivity contribution in [2.75, 3.05) is 25.2 Å². The number of nitrogens with two attached hydrogens (primary N) is 1. The van der Waals surface area contributed by atoms with Gasteiger partial charge in [0, 0.05) is 0 Å². The Morgan fingerprint density at radius 1 is 1.33 bits per heavy atom. The third-order valence-corrected chi connectivity index (χ3v) is 5.76. The van der Waals surface area contributed by atoms with E-state index in [1.807, 2.05) is 0 Å². The summed E-state index contributed by atoms with van der Waals surface area (Å²) in [5, 5.41) is 20.8. The van der Waals surface area contributed by atoms with E-state index < -0.39 is 31.4 Å². The average Bonchev–Trinajstić information content (AvgIpc) is 2.96. The van der Waals surface area contributed by atoms with E-state index in [-0.39, 0.29) is 5.82 Å². The van der Waals surface area contributed by atoms with E-state index >= 15 is 0 Å². The van der Waals surface area contributed by atoms with Gasteiger partial charge in [-0.1, -0.05) is 0 Å². The predicted molar refractivity (Wildman–Crippen MR) is 95.8 cm³/mol. The molecule has 3 heterocycles. The quantitative estimate of drug-likeness (QED) is 0.682. The highest BCUT2D eigenvalue weighted by Crippen LogP contribution is 2.40. The van der Waals surface area contributed by atoms with Crippen molar-refractivity contribution in [3.8, 4) is 0 Å². The van der Waals surface area contributed by atoms with Crippen LogP contribution in [0.2, 0.25) is 0 Å². The minimum absolute atomic E-state index is 0.273. The zero-order chi connectivity index (χ0) is 17.6. The highest BCUT2D eigenvalue weighted by Gasteiger charge is 2.44. The molecule has 1 aliphatic heterocycles. The molecule has 1 fully saturated rings. The van der Waals surface area contributed by atoms with Crippen LogP contribution in [0.15, 0.2) is 6.33 Å². The van der Waals surface area contributed by atoms with Crippen molar-refractivity contribution in [1.82, 2.24) is 19.5 Å². The van der Waals surface area contributed by atoms with Crippen LogP contribution < -0.4 is 5.73 Å². The number of fused-ring (bicyclic) bond motifs is 1. The molecule has 8 nitrogen and oxygen atoms in total. The molecule has 0 aliphatic carbocycles. The molecular formula is C15H24N5O3P. The van der Waals surface area contributed by atoms with Crippen LogP contribution in [0.4, 0.5) is 5.82 Å². The molecular weight excluding hydrogens is 329 g/mol. The molecule has 0 bridgehead atoms. The number of nitrogen functional groups attached to an aromatic ring is 1. The zero-order valence-electron chi connectivity index (χ0n) is 14.1. The third kappa shape index (κ3) is 3.07. The maximum Gasteiger partial charge on any atom is 0.167 e. The second-order valence-electron chi connectivity index (χ2n) is 6.95. The molecule has 2 aromatic heterocycles. The molecule has 1 aliphatic rings. The van der Waals surface area contributed by atoms with Gasteiger partial charge in [-0.05, 0) is 32.8 Å². The Morgan fingerprint density at radius 3 is 2.71 bits per heavy atom. The maximum absolute atomic E-state index is 10.5. The van der Waals surface area contributed by atoms with Crippen LogP contribution in [-0.2, 0) is 4.74 Å². The van der Waals surface area contributed by atoms with E-state index in [1.165, 1.54) is 6.33 Å². The van der Waals surface area contributed by atoms with Crippen LogP contribution >= 0.6 is 6.89 Å². The Kier molecular flexibility index (Phi) is 4.42. The number of aliphatic hydroxyl groups is 2. The number of ether oxygens (including phenoxy) is 1. The summed E-state index contributed by atoms with van der Waals surface area (Å²) < 4.78 is 7.64. The lowest BCUT2D eigenvalue weighted by Gasteiger charge is -2.19. The Hall–Kier alpha value is -1.47. The molecule has 0 saturated carbocycles. The zero-order valence-corrected chi connectivity index (χ0v) is 15.0. The number of imidazole rings is 1. The molecule has 0 spiro atoms. The van der Waals surface area contributed by atoms with E-state index in [9.17, 15) is 10.2 Å². The fourth-order valence-corrected chi connectivity index (χ4v) is 3.95. The van der Waals surface area contributed by atoms with Crippen LogP contribution in [0.5, 0.6) is 0 Å². The standard InChI is InChI=1S/C15H24N5O3P/c1-8-19-10-13(16)17-7-18-14(10)20(8)15-12(22)11(21)9(23-15)5-6-24(2,3)4/h7,9,11-12,15,21-22H,2,5-6H2,1,3-4H3,(H2,16,17,18)/t9-,11-,12-,15-/m1/s1. The van der Waals surface area contributed by atoms with Gasteiger partial charge in [0.15, 0.2) is 23.2 Å². The van der Waals surface area contributed by atoms with Crippen molar-refractivity contribution < 1.29 is 14.9 Å². The molecule has 132 valence electrons. The van der Waals surface area contributed by atoms with Gasteiger partial charge in [-0.25, -0.2) is 15.0 Å². The SMILES string of the molecule is C=P(C)(C)CC[C@H]1O[C@@H](n2c(C)nc3c(N)ncnc32)[C@H](O)[C@@H]1O. The monoisotopic (exact) mass is 353 g/mol. The van der Waals surface area contributed by atoms with Crippen molar-refractivity contribution in [2.24, 2.45) is 0 Å². The molecule has 0 amide bonds. The summed E-state index contributed by atoms with van der Waals surface area (Å²) in [6.45, 7) is 4.82. The van der Waals surface area contributed by atoms with Gasteiger partial charge in [0.1, 0.15) is 24.4 Å². The van der Waals surface area contributed by atoms with E-state index in [0.717, 1.165) is 6.16 Å². The van der Waals surface area contributed by atoms with E-state index in [4.69, 9.17) is 10.5 Å². The van der Waals surface area contributed by atoms with Crippen molar-refractivity contribution in [1.29, 1.82) is 0 Å². The molecule has 4 N–H and O–H groups in total. The lowest BCUT2D eigenvalue weighted by molar-refractivity contribution is -0.0363. The van der Waals surface area contributed by atoms with Gasteiger partial charge in [0.2, 0.25) is 0 Å². The van der Waals surface area contributed by atoms with Gasteiger partial charge in [0.05, 0.1) is 6.10 Å². The first-order chi connectivity index (χ1) is 11.2. The fourth-order valence-electron chi connectivity index (χ4n) is 3.00. The van der Waals surface area contributed by atoms with E-state index in [0.29, 0.717) is 23.4 Å².